The van der Waals surface area contributed by atoms with E-state index in [1.165, 1.54) is 0 Å². The summed E-state index contributed by atoms with van der Waals surface area (Å²) in [5, 5.41) is 11.3. The summed E-state index contributed by atoms with van der Waals surface area (Å²) in [6.07, 6.45) is 6.69. The van der Waals surface area contributed by atoms with Gasteiger partial charge in [0.1, 0.15) is 0 Å². The fraction of sp³-hybridized carbons (Fsp3) is 0.385. The molecule has 0 spiro atoms. The molecule has 0 saturated heterocycles. The maximum absolute atomic E-state index is 10.3. The first-order valence-electron chi connectivity index (χ1n) is 5.47. The van der Waals surface area contributed by atoms with Crippen molar-refractivity contribution in [1.82, 2.24) is 0 Å². The second-order valence-electron chi connectivity index (χ2n) is 4.13. The van der Waals surface area contributed by atoms with Gasteiger partial charge in [-0.1, -0.05) is 47.5 Å². The van der Waals surface area contributed by atoms with Crippen molar-refractivity contribution in [3.63, 3.8) is 0 Å². The van der Waals surface area contributed by atoms with Crippen LogP contribution in [0.4, 0.5) is 0 Å². The van der Waals surface area contributed by atoms with Crippen molar-refractivity contribution in [2.45, 2.75) is 25.4 Å². The Morgan fingerprint density at radius 1 is 1.25 bits per heavy atom. The summed E-state index contributed by atoms with van der Waals surface area (Å²) in [5.74, 6) is 0.251. The van der Waals surface area contributed by atoms with Crippen molar-refractivity contribution in [2.75, 3.05) is 0 Å². The highest BCUT2D eigenvalue weighted by Crippen LogP contribution is 2.37. The lowest BCUT2D eigenvalue weighted by molar-refractivity contribution is 0.103. The van der Waals surface area contributed by atoms with E-state index in [2.05, 4.69) is 12.2 Å². The van der Waals surface area contributed by atoms with Gasteiger partial charge in [0.25, 0.3) is 0 Å². The molecule has 0 amide bonds. The van der Waals surface area contributed by atoms with Gasteiger partial charge in [-0.25, -0.2) is 0 Å². The molecular formula is C13H14Cl2O. The average molecular weight is 257 g/mol. The van der Waals surface area contributed by atoms with E-state index >= 15 is 0 Å². The highest BCUT2D eigenvalue weighted by molar-refractivity contribution is 6.42. The highest BCUT2D eigenvalue weighted by atomic mass is 35.5. The van der Waals surface area contributed by atoms with E-state index < -0.39 is 6.10 Å². The highest BCUT2D eigenvalue weighted by Gasteiger charge is 2.23. The van der Waals surface area contributed by atoms with Crippen LogP contribution in [0.5, 0.6) is 0 Å². The molecule has 0 radical (unpaired) electrons. The van der Waals surface area contributed by atoms with Crippen molar-refractivity contribution in [3.05, 3.63) is 46.0 Å². The van der Waals surface area contributed by atoms with Crippen LogP contribution in [0, 0.1) is 5.92 Å². The summed E-state index contributed by atoms with van der Waals surface area (Å²) in [7, 11) is 0. The third kappa shape index (κ3) is 2.42. The van der Waals surface area contributed by atoms with Gasteiger partial charge in [0.15, 0.2) is 0 Å². The Labute approximate surface area is 106 Å². The minimum absolute atomic E-state index is 0.251. The van der Waals surface area contributed by atoms with Gasteiger partial charge < -0.3 is 5.11 Å². The maximum atomic E-state index is 10.3. The number of benzene rings is 1. The number of aliphatic hydroxyl groups excluding tert-OH is 1. The molecule has 1 nitrogen and oxygen atoms in total. The van der Waals surface area contributed by atoms with Crippen LogP contribution in [0.15, 0.2) is 30.4 Å². The zero-order valence-electron chi connectivity index (χ0n) is 8.87. The van der Waals surface area contributed by atoms with Gasteiger partial charge in [-0.05, 0) is 31.2 Å². The molecule has 3 heteroatoms. The molecule has 2 unspecified atom stereocenters. The van der Waals surface area contributed by atoms with Gasteiger partial charge in [-0.2, -0.15) is 0 Å². The summed E-state index contributed by atoms with van der Waals surface area (Å²) in [5.41, 5.74) is 0.745. The molecule has 1 aliphatic rings. The van der Waals surface area contributed by atoms with E-state index in [1.54, 1.807) is 6.07 Å². The Kier molecular flexibility index (Phi) is 3.91. The third-order valence-electron chi connectivity index (χ3n) is 3.06. The maximum Gasteiger partial charge on any atom is 0.0836 e. The molecule has 86 valence electrons. The Morgan fingerprint density at radius 2 is 2.06 bits per heavy atom. The van der Waals surface area contributed by atoms with Crippen LogP contribution in [0.3, 0.4) is 0 Å². The summed E-state index contributed by atoms with van der Waals surface area (Å²) in [4.78, 5) is 0. The molecule has 16 heavy (non-hydrogen) atoms. The van der Waals surface area contributed by atoms with Gasteiger partial charge in [0.2, 0.25) is 0 Å². The fourth-order valence-corrected chi connectivity index (χ4v) is 2.53. The Balaban J connectivity index is 2.23. The van der Waals surface area contributed by atoms with Gasteiger partial charge in [-0.3, -0.25) is 0 Å². The van der Waals surface area contributed by atoms with E-state index in [9.17, 15) is 5.11 Å². The molecule has 0 saturated carbocycles. The minimum Gasteiger partial charge on any atom is -0.388 e. The molecule has 1 aliphatic carbocycles. The van der Waals surface area contributed by atoms with Crippen molar-refractivity contribution in [2.24, 2.45) is 5.92 Å². The zero-order chi connectivity index (χ0) is 11.5. The molecule has 2 rings (SSSR count). The topological polar surface area (TPSA) is 20.2 Å². The second-order valence-corrected chi connectivity index (χ2v) is 4.92. The molecule has 1 N–H and O–H groups in total. The predicted octanol–water partition coefficient (Wildman–Crippen LogP) is 4.38. The number of aliphatic hydroxyl groups is 1. The number of hydrogen-bond acceptors (Lipinski definition) is 1. The summed E-state index contributed by atoms with van der Waals surface area (Å²) >= 11 is 12.0. The standard InChI is InChI=1S/C13H14Cl2O/c14-11-8-4-7-10(12(11)15)13(16)9-5-2-1-3-6-9/h1-2,4,7-9,13,16H,3,5-6H2. The van der Waals surface area contributed by atoms with Gasteiger partial charge in [0, 0.05) is 5.56 Å². The number of allylic oxidation sites excluding steroid dienone is 2. The lowest BCUT2D eigenvalue weighted by Crippen LogP contribution is -2.14. The summed E-state index contributed by atoms with van der Waals surface area (Å²) in [6, 6.07) is 5.41. The largest absolute Gasteiger partial charge is 0.388 e. The molecule has 0 bridgehead atoms. The van der Waals surface area contributed by atoms with Crippen LogP contribution < -0.4 is 0 Å². The number of hydrogen-bond donors (Lipinski definition) is 1. The number of halogens is 2. The molecule has 0 aliphatic heterocycles. The predicted molar refractivity (Wildman–Crippen MR) is 67.9 cm³/mol. The normalized spacial score (nSPS) is 22.1. The van der Waals surface area contributed by atoms with Crippen LogP contribution in [0.25, 0.3) is 0 Å². The molecule has 0 fully saturated rings. The van der Waals surface area contributed by atoms with Crippen molar-refractivity contribution < 1.29 is 5.11 Å². The first-order valence-corrected chi connectivity index (χ1v) is 6.22. The van der Waals surface area contributed by atoms with Gasteiger partial charge in [-0.15, -0.1) is 0 Å². The smallest absolute Gasteiger partial charge is 0.0836 e. The zero-order valence-corrected chi connectivity index (χ0v) is 10.4. The molecule has 1 aromatic carbocycles. The molecule has 1 aromatic rings. The fourth-order valence-electron chi connectivity index (χ4n) is 2.11. The van der Waals surface area contributed by atoms with Crippen molar-refractivity contribution in [1.29, 1.82) is 0 Å². The monoisotopic (exact) mass is 256 g/mol. The Hall–Kier alpha value is -0.500. The van der Waals surface area contributed by atoms with Crippen LogP contribution in [-0.4, -0.2) is 5.11 Å². The summed E-state index contributed by atoms with van der Waals surface area (Å²) in [6.45, 7) is 0. The van der Waals surface area contributed by atoms with E-state index in [0.29, 0.717) is 10.0 Å². The van der Waals surface area contributed by atoms with E-state index in [4.69, 9.17) is 23.2 Å². The van der Waals surface area contributed by atoms with Crippen LogP contribution in [0.2, 0.25) is 10.0 Å². The minimum atomic E-state index is -0.517. The molecule has 0 aromatic heterocycles. The third-order valence-corrected chi connectivity index (χ3v) is 3.89. The van der Waals surface area contributed by atoms with Crippen molar-refractivity contribution in [3.8, 4) is 0 Å². The molecular weight excluding hydrogens is 243 g/mol. The van der Waals surface area contributed by atoms with Gasteiger partial charge in [0.05, 0.1) is 16.1 Å². The lowest BCUT2D eigenvalue weighted by Gasteiger charge is -2.24. The van der Waals surface area contributed by atoms with Gasteiger partial charge >= 0.3 is 0 Å². The van der Waals surface area contributed by atoms with E-state index in [-0.39, 0.29) is 5.92 Å². The SMILES string of the molecule is OC(c1cccc(Cl)c1Cl)C1CC=CCC1. The van der Waals surface area contributed by atoms with E-state index in [1.807, 2.05) is 12.1 Å². The van der Waals surface area contributed by atoms with E-state index in [0.717, 1.165) is 24.8 Å². The first-order chi connectivity index (χ1) is 7.70. The molecule has 0 heterocycles. The molecule has 2 atom stereocenters. The summed E-state index contributed by atoms with van der Waals surface area (Å²) < 4.78 is 0. The first kappa shape index (κ1) is 12.0. The second kappa shape index (κ2) is 5.22. The van der Waals surface area contributed by atoms with Crippen LogP contribution in [0.1, 0.15) is 30.9 Å². The number of rotatable bonds is 2. The Morgan fingerprint density at radius 3 is 2.75 bits per heavy atom. The van der Waals surface area contributed by atoms with Crippen LogP contribution in [-0.2, 0) is 0 Å². The van der Waals surface area contributed by atoms with Crippen molar-refractivity contribution >= 4 is 23.2 Å². The van der Waals surface area contributed by atoms with Crippen LogP contribution >= 0.6 is 23.2 Å². The lowest BCUT2D eigenvalue weighted by atomic mass is 9.86. The quantitative estimate of drug-likeness (QED) is 0.779. The Bertz CT molecular complexity index is 401. The average Bonchev–Trinajstić information content (AvgIpc) is 2.33.